The van der Waals surface area contributed by atoms with Gasteiger partial charge < -0.3 is 14.2 Å². The fourth-order valence-electron chi connectivity index (χ4n) is 5.59. The Bertz CT molecular complexity index is 1600. The van der Waals surface area contributed by atoms with Gasteiger partial charge in [0.1, 0.15) is 5.58 Å². The molecule has 0 radical (unpaired) electrons. The number of hydrogen-bond acceptors (Lipinski definition) is 4. The zero-order valence-electron chi connectivity index (χ0n) is 19.7. The van der Waals surface area contributed by atoms with Gasteiger partial charge in [-0.3, -0.25) is 14.4 Å². The predicted molar refractivity (Wildman–Crippen MR) is 139 cm³/mol. The number of nitrogens with zero attached hydrogens (tertiary/aromatic N) is 2. The van der Waals surface area contributed by atoms with Crippen LogP contribution in [0.1, 0.15) is 40.6 Å². The van der Waals surface area contributed by atoms with Gasteiger partial charge in [0.2, 0.25) is 5.76 Å². The van der Waals surface area contributed by atoms with Gasteiger partial charge >= 0.3 is 0 Å². The Morgan fingerprint density at radius 1 is 0.917 bits per heavy atom. The first kappa shape index (κ1) is 22.6. The van der Waals surface area contributed by atoms with E-state index in [0.29, 0.717) is 29.2 Å². The lowest BCUT2D eigenvalue weighted by atomic mass is 9.83. The maximum atomic E-state index is 14.4. The summed E-state index contributed by atoms with van der Waals surface area (Å²) in [5, 5.41) is 0.623. The highest BCUT2D eigenvalue weighted by Crippen LogP contribution is 2.52. The van der Waals surface area contributed by atoms with E-state index in [1.54, 1.807) is 17.0 Å². The molecule has 0 fully saturated rings. The van der Waals surface area contributed by atoms with Gasteiger partial charge in [0, 0.05) is 23.7 Å². The van der Waals surface area contributed by atoms with Crippen molar-refractivity contribution in [2.24, 2.45) is 0 Å². The third-order valence-electron chi connectivity index (χ3n) is 7.11. The first-order valence-corrected chi connectivity index (χ1v) is 12.4. The third kappa shape index (κ3) is 3.00. The Morgan fingerprint density at radius 2 is 1.67 bits per heavy atom. The number of halogens is 1. The molecule has 6 nitrogen and oxygen atoms in total. The van der Waals surface area contributed by atoms with Gasteiger partial charge in [0.05, 0.1) is 16.6 Å². The summed E-state index contributed by atoms with van der Waals surface area (Å²) in [5.41, 5.74) is 0.691. The molecule has 0 saturated heterocycles. The van der Waals surface area contributed by atoms with Crippen molar-refractivity contribution in [3.63, 3.8) is 0 Å². The summed E-state index contributed by atoms with van der Waals surface area (Å²) in [6.07, 6.45) is 1.24. The van der Waals surface area contributed by atoms with Gasteiger partial charge in [-0.05, 0) is 42.7 Å². The number of carbonyl (C=O) groups excluding carboxylic acids is 2. The number of para-hydroxylation sites is 1. The van der Waals surface area contributed by atoms with Crippen molar-refractivity contribution in [1.29, 1.82) is 0 Å². The maximum Gasteiger partial charge on any atom is 0.291 e. The van der Waals surface area contributed by atoms with Crippen LogP contribution >= 0.6 is 11.6 Å². The number of benzene rings is 3. The molecular weight excluding hydrogens is 476 g/mol. The van der Waals surface area contributed by atoms with E-state index in [0.717, 1.165) is 12.0 Å². The molecule has 1 spiro atoms. The number of carbonyl (C=O) groups is 2. The van der Waals surface area contributed by atoms with E-state index in [4.69, 9.17) is 16.0 Å². The zero-order chi connectivity index (χ0) is 25.0. The van der Waals surface area contributed by atoms with Crippen molar-refractivity contribution in [3.05, 3.63) is 110 Å². The number of anilines is 1. The van der Waals surface area contributed by atoms with Gasteiger partial charge in [0.15, 0.2) is 11.0 Å². The van der Waals surface area contributed by atoms with Gasteiger partial charge in [0.25, 0.3) is 11.8 Å². The SMILES string of the molecule is CCCN1C(=O)C2(c3ccccc31)c1c(oc3ccc(Cl)cc3c1=O)C(=O)N2CCc1ccccc1. The van der Waals surface area contributed by atoms with E-state index in [1.165, 1.54) is 11.0 Å². The Hall–Kier alpha value is -3.90. The Morgan fingerprint density at radius 3 is 2.44 bits per heavy atom. The summed E-state index contributed by atoms with van der Waals surface area (Å²) in [5.74, 6) is -0.847. The van der Waals surface area contributed by atoms with E-state index in [-0.39, 0.29) is 34.7 Å². The first-order chi connectivity index (χ1) is 17.5. The van der Waals surface area contributed by atoms with E-state index >= 15 is 0 Å². The average Bonchev–Trinajstić information content (AvgIpc) is 3.29. The highest BCUT2D eigenvalue weighted by atomic mass is 35.5. The molecule has 4 aromatic rings. The van der Waals surface area contributed by atoms with Crippen LogP contribution in [-0.4, -0.2) is 29.8 Å². The number of amides is 2. The van der Waals surface area contributed by atoms with Gasteiger partial charge in [-0.2, -0.15) is 0 Å². The molecule has 0 N–H and O–H groups in total. The molecule has 2 aliphatic heterocycles. The summed E-state index contributed by atoms with van der Waals surface area (Å²) < 4.78 is 6.06. The minimum absolute atomic E-state index is 0.0754. The van der Waals surface area contributed by atoms with Gasteiger partial charge in [-0.1, -0.05) is 67.1 Å². The van der Waals surface area contributed by atoms with Crippen molar-refractivity contribution >= 4 is 40.1 Å². The fraction of sp³-hybridized carbons (Fsp3) is 0.207. The summed E-state index contributed by atoms with van der Waals surface area (Å²) in [7, 11) is 0. The molecule has 180 valence electrons. The molecule has 3 heterocycles. The minimum atomic E-state index is -1.59. The molecule has 0 saturated carbocycles. The van der Waals surface area contributed by atoms with Crippen LogP contribution in [0.2, 0.25) is 5.02 Å². The summed E-state index contributed by atoms with van der Waals surface area (Å²) >= 11 is 6.21. The standard InChI is InChI=1S/C29H23ClN2O4/c1-2-15-31-22-11-7-6-10-21(22)29(28(31)35)24-25(33)20-17-19(30)12-13-23(20)36-26(24)27(34)32(29)16-14-18-8-4-3-5-9-18/h3-13,17H,2,14-16H2,1H3. The Labute approximate surface area is 212 Å². The number of hydrogen-bond donors (Lipinski definition) is 0. The van der Waals surface area contributed by atoms with E-state index in [9.17, 15) is 14.4 Å². The average molecular weight is 499 g/mol. The molecule has 3 aromatic carbocycles. The van der Waals surface area contributed by atoms with Crippen LogP contribution in [0.15, 0.2) is 82.0 Å². The minimum Gasteiger partial charge on any atom is -0.450 e. The summed E-state index contributed by atoms with van der Waals surface area (Å²) in [6.45, 7) is 2.70. The maximum absolute atomic E-state index is 14.4. The molecule has 2 amide bonds. The first-order valence-electron chi connectivity index (χ1n) is 12.0. The second kappa shape index (κ2) is 8.35. The van der Waals surface area contributed by atoms with Crippen LogP contribution in [0.5, 0.6) is 0 Å². The van der Waals surface area contributed by atoms with Crippen LogP contribution in [0.3, 0.4) is 0 Å². The molecule has 1 unspecified atom stereocenters. The molecule has 6 rings (SSSR count). The molecule has 36 heavy (non-hydrogen) atoms. The highest BCUT2D eigenvalue weighted by Gasteiger charge is 2.64. The lowest BCUT2D eigenvalue weighted by Gasteiger charge is -2.34. The predicted octanol–water partition coefficient (Wildman–Crippen LogP) is 5.15. The molecule has 1 atom stereocenters. The van der Waals surface area contributed by atoms with Crippen LogP contribution in [0.4, 0.5) is 5.69 Å². The lowest BCUT2D eigenvalue weighted by molar-refractivity contribution is -0.126. The molecule has 0 aliphatic carbocycles. The quantitative estimate of drug-likeness (QED) is 0.382. The normalized spacial score (nSPS) is 18.4. The van der Waals surface area contributed by atoms with Crippen molar-refractivity contribution in [3.8, 4) is 0 Å². The molecular formula is C29H23ClN2O4. The van der Waals surface area contributed by atoms with Crippen molar-refractivity contribution in [2.45, 2.75) is 25.3 Å². The highest BCUT2D eigenvalue weighted by molar-refractivity contribution is 6.31. The largest absolute Gasteiger partial charge is 0.450 e. The second-order valence-electron chi connectivity index (χ2n) is 9.15. The monoisotopic (exact) mass is 498 g/mol. The summed E-state index contributed by atoms with van der Waals surface area (Å²) in [6, 6.07) is 21.9. The molecule has 0 bridgehead atoms. The van der Waals surface area contributed by atoms with Crippen LogP contribution in [0, 0.1) is 0 Å². The van der Waals surface area contributed by atoms with Crippen LogP contribution in [0.25, 0.3) is 11.0 Å². The van der Waals surface area contributed by atoms with E-state index < -0.39 is 16.9 Å². The molecule has 7 heteroatoms. The van der Waals surface area contributed by atoms with E-state index in [2.05, 4.69) is 0 Å². The van der Waals surface area contributed by atoms with Gasteiger partial charge in [-0.15, -0.1) is 0 Å². The van der Waals surface area contributed by atoms with Crippen molar-refractivity contribution in [2.75, 3.05) is 18.0 Å². The second-order valence-corrected chi connectivity index (χ2v) is 9.59. The molecule has 2 aliphatic rings. The third-order valence-corrected chi connectivity index (χ3v) is 7.35. The summed E-state index contributed by atoms with van der Waals surface area (Å²) in [4.78, 5) is 45.6. The van der Waals surface area contributed by atoms with Crippen molar-refractivity contribution < 1.29 is 14.0 Å². The molecule has 1 aromatic heterocycles. The van der Waals surface area contributed by atoms with Crippen LogP contribution < -0.4 is 10.3 Å². The number of fused-ring (bicyclic) bond motifs is 5. The smallest absolute Gasteiger partial charge is 0.291 e. The Balaban J connectivity index is 1.64. The van der Waals surface area contributed by atoms with E-state index in [1.807, 2.05) is 61.5 Å². The number of rotatable bonds is 5. The van der Waals surface area contributed by atoms with Gasteiger partial charge in [-0.25, -0.2) is 0 Å². The van der Waals surface area contributed by atoms with Crippen LogP contribution in [-0.2, 0) is 16.8 Å². The topological polar surface area (TPSA) is 70.8 Å². The van der Waals surface area contributed by atoms with Crippen molar-refractivity contribution in [1.82, 2.24) is 4.90 Å². The fourth-order valence-corrected chi connectivity index (χ4v) is 5.77. The zero-order valence-corrected chi connectivity index (χ0v) is 20.4. The Kier molecular flexibility index (Phi) is 5.23. The lowest BCUT2D eigenvalue weighted by Crippen LogP contribution is -2.54.